The van der Waals surface area contributed by atoms with Gasteiger partial charge in [0, 0.05) is 63.8 Å². The second-order valence-electron chi connectivity index (χ2n) is 6.92. The Bertz CT molecular complexity index is 1030. The van der Waals surface area contributed by atoms with Crippen molar-refractivity contribution in [3.05, 3.63) is 66.7 Å². The lowest BCUT2D eigenvalue weighted by atomic mass is 10.1. The van der Waals surface area contributed by atoms with Crippen molar-refractivity contribution in [1.29, 1.82) is 0 Å². The fourth-order valence-corrected chi connectivity index (χ4v) is 3.24. The van der Waals surface area contributed by atoms with Crippen LogP contribution in [0.1, 0.15) is 0 Å². The summed E-state index contributed by atoms with van der Waals surface area (Å²) < 4.78 is 2.30. The first-order chi connectivity index (χ1) is 12.5. The molecular weight excluding hydrogens is 356 g/mol. The summed E-state index contributed by atoms with van der Waals surface area (Å²) in [5.74, 6) is 0. The topological polar surface area (TPSA) is 23.3 Å². The van der Waals surface area contributed by atoms with Crippen LogP contribution in [0.2, 0.25) is 0 Å². The molecule has 0 saturated carbocycles. The summed E-state index contributed by atoms with van der Waals surface area (Å²) in [6.45, 7) is 0. The van der Waals surface area contributed by atoms with Gasteiger partial charge in [-0.2, -0.15) is 0 Å². The van der Waals surface area contributed by atoms with E-state index in [-0.39, 0.29) is 12.4 Å². The Labute approximate surface area is 166 Å². The molecule has 0 aliphatic rings. The molecule has 4 rings (SSSR count). The first-order valence-corrected chi connectivity index (χ1v) is 8.74. The highest BCUT2D eigenvalue weighted by molar-refractivity contribution is 5.86. The van der Waals surface area contributed by atoms with Crippen molar-refractivity contribution < 1.29 is 17.0 Å². The molecule has 0 atom stereocenters. The zero-order chi connectivity index (χ0) is 18.3. The average molecular weight is 379 g/mol. The van der Waals surface area contributed by atoms with Crippen molar-refractivity contribution in [3.63, 3.8) is 0 Å². The number of rotatable bonds is 3. The molecule has 1 aromatic heterocycles. The van der Waals surface area contributed by atoms with Crippen molar-refractivity contribution >= 4 is 33.4 Å². The lowest BCUT2D eigenvalue weighted by Gasteiger charge is -2.14. The zero-order valence-electron chi connectivity index (χ0n) is 16.0. The Kier molecular flexibility index (Phi) is 5.19. The third-order valence-electron chi connectivity index (χ3n) is 4.69. The van der Waals surface area contributed by atoms with Gasteiger partial charge in [-0.25, -0.2) is 4.98 Å². The third-order valence-corrected chi connectivity index (χ3v) is 4.69. The van der Waals surface area contributed by atoms with Crippen molar-refractivity contribution in [2.75, 3.05) is 38.0 Å². The van der Waals surface area contributed by atoms with Crippen LogP contribution in [0.4, 0.5) is 11.4 Å². The monoisotopic (exact) mass is 378 g/mol. The summed E-state index contributed by atoms with van der Waals surface area (Å²) in [7, 11) is 8.25. The summed E-state index contributed by atoms with van der Waals surface area (Å²) in [5, 5.41) is 0. The summed E-state index contributed by atoms with van der Waals surface area (Å²) in [5.41, 5.74) is 7.64. The molecule has 0 amide bonds. The van der Waals surface area contributed by atoms with Gasteiger partial charge in [-0.1, -0.05) is 18.2 Å². The zero-order valence-corrected chi connectivity index (χ0v) is 16.8. The predicted molar refractivity (Wildman–Crippen MR) is 109 cm³/mol. The molecule has 0 unspecified atom stereocenters. The number of nitrogens with zero attached hydrogens (tertiary/aromatic N) is 4. The summed E-state index contributed by atoms with van der Waals surface area (Å²) in [6, 6.07) is 23.3. The van der Waals surface area contributed by atoms with Gasteiger partial charge >= 0.3 is 0 Å². The Morgan fingerprint density at radius 1 is 0.667 bits per heavy atom. The minimum atomic E-state index is 0. The number of aromatic nitrogens is 2. The number of hydrogen-bond donors (Lipinski definition) is 0. The van der Waals surface area contributed by atoms with E-state index in [2.05, 4.69) is 103 Å². The van der Waals surface area contributed by atoms with Gasteiger partial charge in [0.25, 0.3) is 0 Å². The van der Waals surface area contributed by atoms with Crippen LogP contribution in [0.15, 0.2) is 66.7 Å². The number of benzene rings is 3. The number of para-hydroxylation sites is 1. The molecule has 0 bridgehead atoms. The SMILES string of the molecule is CN(C)c1ccc2nc3ccc(N(C)C)cc3[n+](-c3ccccc3)c2c1.[Cl-]. The molecule has 3 aromatic carbocycles. The average Bonchev–Trinajstić information content (AvgIpc) is 2.65. The van der Waals surface area contributed by atoms with Crippen LogP contribution < -0.4 is 26.8 Å². The van der Waals surface area contributed by atoms with E-state index in [4.69, 9.17) is 4.98 Å². The number of fused-ring (bicyclic) bond motifs is 2. The van der Waals surface area contributed by atoms with E-state index >= 15 is 0 Å². The molecular formula is C22H23ClN4. The maximum atomic E-state index is 4.91. The van der Waals surface area contributed by atoms with Gasteiger partial charge in [0.05, 0.1) is 0 Å². The van der Waals surface area contributed by atoms with Crippen LogP contribution in [-0.2, 0) is 0 Å². The standard InChI is InChI=1S/C22H23N4.ClH/c1-24(2)17-10-12-19-21(14-17)26(16-8-6-5-7-9-16)22-15-18(25(3)4)11-13-20(22)23-19;/h5-15H,1-4H3;1H/q+1;/p-1. The van der Waals surface area contributed by atoms with Crippen molar-refractivity contribution in [2.45, 2.75) is 0 Å². The van der Waals surface area contributed by atoms with Gasteiger partial charge < -0.3 is 22.2 Å². The van der Waals surface area contributed by atoms with E-state index in [1.54, 1.807) is 0 Å². The normalized spacial score (nSPS) is 10.7. The summed E-state index contributed by atoms with van der Waals surface area (Å²) in [6.07, 6.45) is 0. The van der Waals surface area contributed by atoms with Gasteiger partial charge in [-0.05, 0) is 24.3 Å². The van der Waals surface area contributed by atoms with E-state index in [0.29, 0.717) is 0 Å². The van der Waals surface area contributed by atoms with Crippen LogP contribution in [0.5, 0.6) is 0 Å². The maximum absolute atomic E-state index is 4.91. The van der Waals surface area contributed by atoms with Gasteiger partial charge in [-0.15, -0.1) is 4.57 Å². The van der Waals surface area contributed by atoms with Gasteiger partial charge in [-0.3, -0.25) is 0 Å². The molecule has 0 spiro atoms. The first kappa shape index (κ1) is 18.9. The Hall–Kier alpha value is -2.85. The molecule has 0 fully saturated rings. The molecule has 4 nitrogen and oxygen atoms in total. The van der Waals surface area contributed by atoms with Gasteiger partial charge in [0.2, 0.25) is 16.7 Å². The Morgan fingerprint density at radius 3 is 1.59 bits per heavy atom. The van der Waals surface area contributed by atoms with Crippen LogP contribution in [0, 0.1) is 0 Å². The maximum Gasteiger partial charge on any atom is 0.239 e. The molecule has 138 valence electrons. The molecule has 0 aliphatic heterocycles. The summed E-state index contributed by atoms with van der Waals surface area (Å²) >= 11 is 0. The fourth-order valence-electron chi connectivity index (χ4n) is 3.24. The lowest BCUT2D eigenvalue weighted by molar-refractivity contribution is -0.538. The van der Waals surface area contributed by atoms with Crippen molar-refractivity contribution in [3.8, 4) is 5.69 Å². The van der Waals surface area contributed by atoms with Crippen molar-refractivity contribution in [2.24, 2.45) is 0 Å². The van der Waals surface area contributed by atoms with E-state index in [1.807, 2.05) is 6.07 Å². The Morgan fingerprint density at radius 2 is 1.15 bits per heavy atom. The van der Waals surface area contributed by atoms with E-state index in [9.17, 15) is 0 Å². The quantitative estimate of drug-likeness (QED) is 0.389. The highest BCUT2D eigenvalue weighted by atomic mass is 35.5. The van der Waals surface area contributed by atoms with Crippen LogP contribution in [0.3, 0.4) is 0 Å². The summed E-state index contributed by atoms with van der Waals surface area (Å²) in [4.78, 5) is 9.15. The largest absolute Gasteiger partial charge is 1.00 e. The molecule has 5 heteroatoms. The van der Waals surface area contributed by atoms with E-state index in [0.717, 1.165) is 39.1 Å². The van der Waals surface area contributed by atoms with E-state index < -0.39 is 0 Å². The molecule has 0 saturated heterocycles. The fraction of sp³-hybridized carbons (Fsp3) is 0.182. The van der Waals surface area contributed by atoms with Crippen LogP contribution in [-0.4, -0.2) is 33.2 Å². The predicted octanol–water partition coefficient (Wildman–Crippen LogP) is 0.801. The molecule has 27 heavy (non-hydrogen) atoms. The molecule has 4 aromatic rings. The van der Waals surface area contributed by atoms with Crippen LogP contribution >= 0.6 is 0 Å². The number of anilines is 2. The smallest absolute Gasteiger partial charge is 0.239 e. The van der Waals surface area contributed by atoms with Crippen molar-refractivity contribution in [1.82, 2.24) is 4.98 Å². The Balaban J connectivity index is 0.00000210. The molecule has 0 radical (unpaired) electrons. The van der Waals surface area contributed by atoms with Gasteiger partial charge in [0.15, 0.2) is 0 Å². The minimum absolute atomic E-state index is 0. The second kappa shape index (κ2) is 7.41. The molecule has 0 aliphatic carbocycles. The lowest BCUT2D eigenvalue weighted by Crippen LogP contribution is -3.00. The van der Waals surface area contributed by atoms with Crippen LogP contribution in [0.25, 0.3) is 27.8 Å². The minimum Gasteiger partial charge on any atom is -1.00 e. The first-order valence-electron chi connectivity index (χ1n) is 8.74. The highest BCUT2D eigenvalue weighted by Crippen LogP contribution is 2.24. The number of halogens is 1. The third kappa shape index (κ3) is 3.40. The highest BCUT2D eigenvalue weighted by Gasteiger charge is 2.20. The van der Waals surface area contributed by atoms with E-state index in [1.165, 1.54) is 0 Å². The molecule has 1 heterocycles. The second-order valence-corrected chi connectivity index (χ2v) is 6.92. The van der Waals surface area contributed by atoms with Gasteiger partial charge in [0.1, 0.15) is 11.0 Å². The number of hydrogen-bond acceptors (Lipinski definition) is 3. The molecule has 0 N–H and O–H groups in total.